The van der Waals surface area contributed by atoms with Crippen LogP contribution in [0.2, 0.25) is 0 Å². The number of carbonyl (C=O) groups excluding carboxylic acids is 2. The van der Waals surface area contributed by atoms with Gasteiger partial charge in [0.2, 0.25) is 5.82 Å². The van der Waals surface area contributed by atoms with Crippen LogP contribution < -0.4 is 10.1 Å². The van der Waals surface area contributed by atoms with Crippen molar-refractivity contribution in [2.45, 2.75) is 30.6 Å². The molecule has 15 nitrogen and oxygen atoms in total. The van der Waals surface area contributed by atoms with Crippen molar-refractivity contribution in [1.82, 2.24) is 25.7 Å². The van der Waals surface area contributed by atoms with Crippen LogP contribution >= 0.6 is 0 Å². The smallest absolute Gasteiger partial charge is 0.251 e. The second-order valence-corrected chi connectivity index (χ2v) is 17.6. The average molecular weight is 846 g/mol. The highest BCUT2D eigenvalue weighted by Crippen LogP contribution is 2.24. The van der Waals surface area contributed by atoms with Crippen LogP contribution in [0.4, 0.5) is 0 Å². The number of aromatic nitrogens is 4. The topological polar surface area (TPSA) is 203 Å². The summed E-state index contributed by atoms with van der Waals surface area (Å²) < 4.78 is 75.9. The first-order valence-corrected chi connectivity index (χ1v) is 22.1. The molecule has 1 aromatic heterocycles. The molecule has 1 amide bonds. The van der Waals surface area contributed by atoms with Crippen LogP contribution in [0.3, 0.4) is 0 Å². The van der Waals surface area contributed by atoms with Gasteiger partial charge in [0.05, 0.1) is 66.9 Å². The third kappa shape index (κ3) is 13.8. The highest BCUT2D eigenvalue weighted by Gasteiger charge is 2.33. The first kappa shape index (κ1) is 44.6. The number of aryl methyl sites for hydroxylation is 3. The quantitative estimate of drug-likeness (QED) is 0.0713. The first-order valence-electron chi connectivity index (χ1n) is 18.8. The van der Waals surface area contributed by atoms with Gasteiger partial charge < -0.3 is 24.3 Å². The minimum Gasteiger partial charge on any atom is -0.491 e. The predicted molar refractivity (Wildman–Crippen MR) is 219 cm³/mol. The first-order chi connectivity index (χ1) is 28.3. The molecular weight excluding hydrogens is 799 g/mol. The Bertz CT molecular complexity index is 2270. The third-order valence-electron chi connectivity index (χ3n) is 8.87. The molecule has 0 bridgehead atoms. The van der Waals surface area contributed by atoms with Crippen molar-refractivity contribution in [2.24, 2.45) is 5.92 Å². The Balaban J connectivity index is 0.991. The van der Waals surface area contributed by atoms with Gasteiger partial charge in [0, 0.05) is 23.2 Å². The van der Waals surface area contributed by atoms with Crippen LogP contribution in [-0.4, -0.2) is 113 Å². The SMILES string of the molecule is Cc1ccc(S(=O)(=O)CC(CS(=O)(=O)c2ccc(C)cc2)C(=O)c2ccc(C(=O)NCCOCCOCCOCCOc3ccc(-c4nnc(C)nn4)cc3)cc2)cc1. The fraction of sp³-hybridized carbons (Fsp3) is 0.333. The van der Waals surface area contributed by atoms with E-state index in [-0.39, 0.29) is 34.1 Å². The zero-order chi connectivity index (χ0) is 42.3. The van der Waals surface area contributed by atoms with Gasteiger partial charge in [-0.1, -0.05) is 47.5 Å². The summed E-state index contributed by atoms with van der Waals surface area (Å²) in [7, 11) is -8.08. The highest BCUT2D eigenvalue weighted by atomic mass is 32.2. The molecule has 0 saturated heterocycles. The normalized spacial score (nSPS) is 11.7. The molecule has 0 aliphatic heterocycles. The fourth-order valence-corrected chi connectivity index (χ4v) is 8.86. The largest absolute Gasteiger partial charge is 0.491 e. The lowest BCUT2D eigenvalue weighted by molar-refractivity contribution is 0.00988. The summed E-state index contributed by atoms with van der Waals surface area (Å²) in [5.41, 5.74) is 2.83. The molecule has 1 N–H and O–H groups in total. The summed E-state index contributed by atoms with van der Waals surface area (Å²) in [5, 5.41) is 18.6. The Morgan fingerprint density at radius 3 is 1.53 bits per heavy atom. The molecule has 0 spiro atoms. The molecule has 0 atom stereocenters. The average Bonchev–Trinajstić information content (AvgIpc) is 3.22. The lowest BCUT2D eigenvalue weighted by Crippen LogP contribution is -2.31. The van der Waals surface area contributed by atoms with E-state index in [2.05, 4.69) is 25.7 Å². The number of rotatable bonds is 23. The van der Waals surface area contributed by atoms with Crippen molar-refractivity contribution in [1.29, 1.82) is 0 Å². The molecular formula is C42H47N5O10S2. The van der Waals surface area contributed by atoms with Gasteiger partial charge in [-0.25, -0.2) is 16.8 Å². The number of nitrogens with one attached hydrogen (secondary N) is 1. The predicted octanol–water partition coefficient (Wildman–Crippen LogP) is 4.46. The molecule has 0 radical (unpaired) electrons. The molecule has 0 unspecified atom stereocenters. The van der Waals surface area contributed by atoms with E-state index in [4.69, 9.17) is 18.9 Å². The van der Waals surface area contributed by atoms with Gasteiger partial charge in [0.25, 0.3) is 5.91 Å². The molecule has 0 fully saturated rings. The lowest BCUT2D eigenvalue weighted by atomic mass is 9.99. The maximum atomic E-state index is 13.8. The Kier molecular flexibility index (Phi) is 16.3. The summed E-state index contributed by atoms with van der Waals surface area (Å²) in [6, 6.07) is 25.2. The number of hydrogen-bond donors (Lipinski definition) is 1. The monoisotopic (exact) mass is 845 g/mol. The van der Waals surface area contributed by atoms with Crippen LogP contribution in [0.15, 0.2) is 107 Å². The van der Waals surface area contributed by atoms with Crippen molar-refractivity contribution in [2.75, 3.05) is 64.3 Å². The van der Waals surface area contributed by atoms with Gasteiger partial charge in [-0.05, 0) is 81.4 Å². The van der Waals surface area contributed by atoms with E-state index in [1.807, 2.05) is 38.1 Å². The minimum absolute atomic E-state index is 0.00749. The van der Waals surface area contributed by atoms with E-state index in [0.29, 0.717) is 57.0 Å². The molecule has 59 heavy (non-hydrogen) atoms. The molecule has 312 valence electrons. The summed E-state index contributed by atoms with van der Waals surface area (Å²) in [4.78, 5) is 26.5. The second-order valence-electron chi connectivity index (χ2n) is 13.6. The molecule has 5 aromatic rings. The van der Waals surface area contributed by atoms with Crippen LogP contribution in [0.25, 0.3) is 11.4 Å². The number of sulfone groups is 2. The van der Waals surface area contributed by atoms with E-state index in [1.165, 1.54) is 48.5 Å². The van der Waals surface area contributed by atoms with Gasteiger partial charge in [-0.2, -0.15) is 0 Å². The Morgan fingerprint density at radius 1 is 0.559 bits per heavy atom. The van der Waals surface area contributed by atoms with Crippen LogP contribution in [-0.2, 0) is 33.9 Å². The molecule has 0 aliphatic carbocycles. The lowest BCUT2D eigenvalue weighted by Gasteiger charge is -2.17. The van der Waals surface area contributed by atoms with Gasteiger partial charge in [-0.3, -0.25) is 9.59 Å². The van der Waals surface area contributed by atoms with Crippen molar-refractivity contribution in [3.63, 3.8) is 0 Å². The number of hydrogen-bond acceptors (Lipinski definition) is 14. The Labute approximate surface area is 344 Å². The van der Waals surface area contributed by atoms with E-state index in [1.54, 1.807) is 31.2 Å². The Hall–Kier alpha value is -5.46. The molecule has 0 aliphatic rings. The van der Waals surface area contributed by atoms with Gasteiger partial charge in [0.1, 0.15) is 12.4 Å². The minimum atomic E-state index is -4.04. The molecule has 5 rings (SSSR count). The molecule has 1 heterocycles. The zero-order valence-corrected chi connectivity index (χ0v) is 34.7. The molecule has 4 aromatic carbocycles. The fourth-order valence-electron chi connectivity index (χ4n) is 5.63. The number of amides is 1. The van der Waals surface area contributed by atoms with Crippen molar-refractivity contribution in [3.05, 3.63) is 125 Å². The number of Topliss-reactive ketones (excluding diaryl/α,β-unsaturated/α-hetero) is 1. The molecule has 17 heteroatoms. The van der Waals surface area contributed by atoms with Gasteiger partial charge in [0.15, 0.2) is 31.3 Å². The summed E-state index contributed by atoms with van der Waals surface area (Å²) in [6.45, 7) is 7.95. The maximum Gasteiger partial charge on any atom is 0.251 e. The Morgan fingerprint density at radius 2 is 1.02 bits per heavy atom. The zero-order valence-electron chi connectivity index (χ0n) is 33.1. The van der Waals surface area contributed by atoms with E-state index < -0.39 is 48.8 Å². The highest BCUT2D eigenvalue weighted by molar-refractivity contribution is 7.92. The van der Waals surface area contributed by atoms with Crippen molar-refractivity contribution >= 4 is 31.4 Å². The number of ether oxygens (including phenoxy) is 4. The number of benzene rings is 4. The van der Waals surface area contributed by atoms with E-state index >= 15 is 0 Å². The van der Waals surface area contributed by atoms with Crippen LogP contribution in [0, 0.1) is 26.7 Å². The number of ketones is 1. The van der Waals surface area contributed by atoms with Crippen molar-refractivity contribution in [3.8, 4) is 17.1 Å². The summed E-state index contributed by atoms with van der Waals surface area (Å²) >= 11 is 0. The summed E-state index contributed by atoms with van der Waals surface area (Å²) in [5.74, 6) is -2.28. The van der Waals surface area contributed by atoms with Crippen molar-refractivity contribution < 1.29 is 45.4 Å². The van der Waals surface area contributed by atoms with Crippen LogP contribution in [0.5, 0.6) is 5.75 Å². The van der Waals surface area contributed by atoms with Gasteiger partial charge in [-0.15, -0.1) is 20.4 Å². The maximum absolute atomic E-state index is 13.8. The molecule has 0 saturated carbocycles. The number of carbonyl (C=O) groups is 2. The second kappa shape index (κ2) is 21.5. The standard InChI is InChI=1S/C42H47N5O10S2/c1-30-4-16-38(17-5-30)58(50,51)28-36(29-59(52,53)39-18-6-31(2)7-19-39)40(48)33-8-10-35(11-9-33)42(49)43-20-21-54-22-23-55-24-25-56-26-27-57-37-14-12-34(13-15-37)41-46-44-32(3)45-47-41/h4-19,36H,20-29H2,1-3H3,(H,43,49). The third-order valence-corrected chi connectivity index (χ3v) is 12.5. The summed E-state index contributed by atoms with van der Waals surface area (Å²) in [6.07, 6.45) is 0. The van der Waals surface area contributed by atoms with E-state index in [9.17, 15) is 26.4 Å². The number of nitrogens with zero attached hydrogens (tertiary/aromatic N) is 4. The van der Waals surface area contributed by atoms with E-state index in [0.717, 1.165) is 16.7 Å². The van der Waals surface area contributed by atoms with Gasteiger partial charge >= 0.3 is 0 Å². The van der Waals surface area contributed by atoms with Crippen LogP contribution in [0.1, 0.15) is 37.7 Å².